The maximum atomic E-state index is 10.9. The fourth-order valence-corrected chi connectivity index (χ4v) is 1.82. The Bertz CT molecular complexity index is 435. The molecule has 0 bridgehead atoms. The molecule has 76 valence electrons. The zero-order valence-electron chi connectivity index (χ0n) is 7.29. The van der Waals surface area contributed by atoms with Crippen LogP contribution in [0.25, 0.3) is 6.08 Å². The molecule has 1 aromatic rings. The Kier molecular flexibility index (Phi) is 3.74. The van der Waals surface area contributed by atoms with Gasteiger partial charge in [-0.1, -0.05) is 30.4 Å². The SMILES string of the molecule is O=S(=O)(O)c1ccccc1C=CCS. The second-order valence-corrected chi connectivity index (χ2v) is 4.35. The van der Waals surface area contributed by atoms with Crippen LogP contribution in [0.3, 0.4) is 0 Å². The van der Waals surface area contributed by atoms with Gasteiger partial charge >= 0.3 is 0 Å². The molecule has 0 heterocycles. The highest BCUT2D eigenvalue weighted by atomic mass is 32.2. The first-order valence-electron chi connectivity index (χ1n) is 3.89. The van der Waals surface area contributed by atoms with Crippen LogP contribution in [-0.2, 0) is 10.1 Å². The highest BCUT2D eigenvalue weighted by Crippen LogP contribution is 2.16. The molecule has 3 nitrogen and oxygen atoms in total. The van der Waals surface area contributed by atoms with Gasteiger partial charge in [0, 0.05) is 5.75 Å². The maximum Gasteiger partial charge on any atom is 0.295 e. The van der Waals surface area contributed by atoms with Gasteiger partial charge in [0.15, 0.2) is 0 Å². The number of hydrogen-bond donors (Lipinski definition) is 2. The first kappa shape index (κ1) is 11.3. The van der Waals surface area contributed by atoms with E-state index < -0.39 is 10.1 Å². The Morgan fingerprint density at radius 3 is 2.57 bits per heavy atom. The predicted octanol–water partition coefficient (Wildman–Crippen LogP) is 1.88. The smallest absolute Gasteiger partial charge is 0.282 e. The number of thiol groups is 1. The molecule has 0 aliphatic heterocycles. The van der Waals surface area contributed by atoms with E-state index in [0.717, 1.165) is 0 Å². The van der Waals surface area contributed by atoms with Crippen molar-refractivity contribution in [3.8, 4) is 0 Å². The molecule has 1 aromatic carbocycles. The largest absolute Gasteiger partial charge is 0.295 e. The van der Waals surface area contributed by atoms with Gasteiger partial charge in [-0.3, -0.25) is 4.55 Å². The third-order valence-electron chi connectivity index (χ3n) is 1.60. The lowest BCUT2D eigenvalue weighted by atomic mass is 10.2. The highest BCUT2D eigenvalue weighted by Gasteiger charge is 2.11. The minimum absolute atomic E-state index is 0.0852. The summed E-state index contributed by atoms with van der Waals surface area (Å²) in [5.74, 6) is 0.514. The Hall–Kier alpha value is -0.780. The van der Waals surface area contributed by atoms with E-state index >= 15 is 0 Å². The summed E-state index contributed by atoms with van der Waals surface area (Å²) in [6.07, 6.45) is 3.31. The summed E-state index contributed by atoms with van der Waals surface area (Å²) < 4.78 is 30.7. The predicted molar refractivity (Wildman–Crippen MR) is 59.1 cm³/mol. The Balaban J connectivity index is 3.24. The number of benzene rings is 1. The summed E-state index contributed by atoms with van der Waals surface area (Å²) in [6, 6.07) is 6.23. The summed E-state index contributed by atoms with van der Waals surface area (Å²) in [5, 5.41) is 0. The molecule has 0 spiro atoms. The van der Waals surface area contributed by atoms with Crippen molar-refractivity contribution in [2.75, 3.05) is 5.75 Å². The Morgan fingerprint density at radius 1 is 1.36 bits per heavy atom. The van der Waals surface area contributed by atoms with Gasteiger partial charge in [-0.25, -0.2) is 0 Å². The molecule has 0 radical (unpaired) electrons. The lowest BCUT2D eigenvalue weighted by molar-refractivity contribution is 0.483. The van der Waals surface area contributed by atoms with E-state index in [2.05, 4.69) is 12.6 Å². The second-order valence-electron chi connectivity index (χ2n) is 2.60. The van der Waals surface area contributed by atoms with E-state index in [1.165, 1.54) is 6.07 Å². The molecule has 0 saturated carbocycles. The first-order valence-corrected chi connectivity index (χ1v) is 5.97. The molecule has 0 aromatic heterocycles. The van der Waals surface area contributed by atoms with E-state index in [1.54, 1.807) is 30.4 Å². The molecule has 14 heavy (non-hydrogen) atoms. The van der Waals surface area contributed by atoms with Crippen LogP contribution in [0.4, 0.5) is 0 Å². The van der Waals surface area contributed by atoms with Gasteiger partial charge in [0.05, 0.1) is 0 Å². The van der Waals surface area contributed by atoms with Gasteiger partial charge in [-0.05, 0) is 11.6 Å². The van der Waals surface area contributed by atoms with Crippen LogP contribution in [0.5, 0.6) is 0 Å². The Labute approximate surface area is 88.6 Å². The van der Waals surface area contributed by atoms with E-state index in [4.69, 9.17) is 4.55 Å². The minimum atomic E-state index is -4.14. The second kappa shape index (κ2) is 4.63. The molecular formula is C9H10O3S2. The van der Waals surface area contributed by atoms with Crippen molar-refractivity contribution in [3.63, 3.8) is 0 Å². The highest BCUT2D eigenvalue weighted by molar-refractivity contribution is 7.86. The summed E-state index contributed by atoms with van der Waals surface area (Å²) >= 11 is 3.96. The van der Waals surface area contributed by atoms with Crippen LogP contribution < -0.4 is 0 Å². The maximum absolute atomic E-state index is 10.9. The topological polar surface area (TPSA) is 54.4 Å². The van der Waals surface area contributed by atoms with Crippen LogP contribution in [0.15, 0.2) is 35.2 Å². The van der Waals surface area contributed by atoms with Crippen molar-refractivity contribution in [1.29, 1.82) is 0 Å². The van der Waals surface area contributed by atoms with Gasteiger partial charge in [0.2, 0.25) is 0 Å². The first-order chi connectivity index (χ1) is 6.55. The van der Waals surface area contributed by atoms with Crippen LogP contribution in [0.2, 0.25) is 0 Å². The van der Waals surface area contributed by atoms with E-state index in [1.807, 2.05) is 0 Å². The average molecular weight is 230 g/mol. The molecule has 0 fully saturated rings. The third-order valence-corrected chi connectivity index (χ3v) is 2.74. The zero-order valence-corrected chi connectivity index (χ0v) is 9.00. The quantitative estimate of drug-likeness (QED) is 0.615. The summed E-state index contributed by atoms with van der Waals surface area (Å²) in [5.41, 5.74) is 0.462. The standard InChI is InChI=1S/C9H10O3S2/c10-14(11,12)9-6-2-1-4-8(9)5-3-7-13/h1-6,13H,7H2,(H,10,11,12). The van der Waals surface area contributed by atoms with Crippen molar-refractivity contribution in [2.45, 2.75) is 4.90 Å². The van der Waals surface area contributed by atoms with Crippen LogP contribution in [-0.4, -0.2) is 18.7 Å². The monoisotopic (exact) mass is 230 g/mol. The van der Waals surface area contributed by atoms with Gasteiger partial charge < -0.3 is 0 Å². The fraction of sp³-hybridized carbons (Fsp3) is 0.111. The van der Waals surface area contributed by atoms with Crippen molar-refractivity contribution in [1.82, 2.24) is 0 Å². The molecule has 5 heteroatoms. The molecule has 0 aliphatic rings. The molecule has 1 N–H and O–H groups in total. The molecule has 0 amide bonds. The number of rotatable bonds is 3. The van der Waals surface area contributed by atoms with E-state index in [0.29, 0.717) is 11.3 Å². The molecule has 0 unspecified atom stereocenters. The van der Waals surface area contributed by atoms with E-state index in [9.17, 15) is 8.42 Å². The Morgan fingerprint density at radius 2 is 2.00 bits per heavy atom. The van der Waals surface area contributed by atoms with Crippen LogP contribution in [0, 0.1) is 0 Å². The average Bonchev–Trinajstić information content (AvgIpc) is 2.14. The van der Waals surface area contributed by atoms with Crippen molar-refractivity contribution >= 4 is 28.8 Å². The van der Waals surface area contributed by atoms with Gasteiger partial charge in [0.25, 0.3) is 10.1 Å². The van der Waals surface area contributed by atoms with Gasteiger partial charge in [-0.2, -0.15) is 21.0 Å². The zero-order chi connectivity index (χ0) is 10.6. The van der Waals surface area contributed by atoms with Crippen LogP contribution in [0.1, 0.15) is 5.56 Å². The molecule has 0 atom stereocenters. The van der Waals surface area contributed by atoms with Crippen molar-refractivity contribution < 1.29 is 13.0 Å². The van der Waals surface area contributed by atoms with Gasteiger partial charge in [0.1, 0.15) is 4.90 Å². The summed E-state index contributed by atoms with van der Waals surface area (Å²) in [6.45, 7) is 0. The third kappa shape index (κ3) is 2.87. The lowest BCUT2D eigenvalue weighted by Gasteiger charge is -2.01. The fourth-order valence-electron chi connectivity index (χ4n) is 1.03. The lowest BCUT2D eigenvalue weighted by Crippen LogP contribution is -2.00. The van der Waals surface area contributed by atoms with Crippen molar-refractivity contribution in [3.05, 3.63) is 35.9 Å². The minimum Gasteiger partial charge on any atom is -0.282 e. The van der Waals surface area contributed by atoms with Gasteiger partial charge in [-0.15, -0.1) is 0 Å². The molecule has 0 aliphatic carbocycles. The summed E-state index contributed by atoms with van der Waals surface area (Å²) in [4.78, 5) is -0.0852. The molecule has 0 saturated heterocycles. The summed E-state index contributed by atoms with van der Waals surface area (Å²) in [7, 11) is -4.14. The van der Waals surface area contributed by atoms with Crippen LogP contribution >= 0.6 is 12.6 Å². The normalized spacial score (nSPS) is 12.1. The van der Waals surface area contributed by atoms with Crippen molar-refractivity contribution in [2.24, 2.45) is 0 Å². The molecule has 1 rings (SSSR count). The number of hydrogen-bond acceptors (Lipinski definition) is 3. The van der Waals surface area contributed by atoms with E-state index in [-0.39, 0.29) is 4.90 Å². The molecular weight excluding hydrogens is 220 g/mol.